The van der Waals surface area contributed by atoms with Crippen LogP contribution < -0.4 is 10.9 Å². The molecule has 1 aliphatic heterocycles. The third-order valence-corrected chi connectivity index (χ3v) is 15.1. The van der Waals surface area contributed by atoms with Gasteiger partial charge in [-0.15, -0.1) is 11.3 Å². The second-order valence-corrected chi connectivity index (χ2v) is 19.5. The zero-order valence-corrected chi connectivity index (χ0v) is 38.4. The Labute approximate surface area is 394 Å². The van der Waals surface area contributed by atoms with E-state index in [0.717, 1.165) is 79.0 Å². The van der Waals surface area contributed by atoms with E-state index in [4.69, 9.17) is 4.74 Å². The quantitative estimate of drug-likeness (QED) is 0.0472. The third-order valence-electron chi connectivity index (χ3n) is 14.0. The molecule has 1 aliphatic carbocycles. The number of pyridine rings is 1. The minimum absolute atomic E-state index is 0.0351. The van der Waals surface area contributed by atoms with E-state index in [9.17, 15) is 29.7 Å². The maximum Gasteiger partial charge on any atom is 0.347 e. The predicted octanol–water partition coefficient (Wildman–Crippen LogP) is 9.61. The lowest BCUT2D eigenvalue weighted by molar-refractivity contribution is -0.171. The van der Waals surface area contributed by atoms with E-state index in [2.05, 4.69) is 45.5 Å². The van der Waals surface area contributed by atoms with E-state index in [0.29, 0.717) is 47.0 Å². The Bertz CT molecular complexity index is 2860. The molecule has 5 N–H and O–H groups in total. The molecule has 9 rings (SSSR count). The van der Waals surface area contributed by atoms with Gasteiger partial charge in [0.2, 0.25) is 11.2 Å². The number of aliphatic hydroxyl groups excluding tert-OH is 1. The summed E-state index contributed by atoms with van der Waals surface area (Å²) in [5.41, 5.74) is 3.52. The number of thiophene rings is 1. The van der Waals surface area contributed by atoms with Crippen molar-refractivity contribution >= 4 is 34.0 Å². The summed E-state index contributed by atoms with van der Waals surface area (Å²) in [6.07, 6.45) is 5.70. The number of H-pyrrole nitrogens is 1. The largest absolute Gasteiger partial charge is 0.506 e. The van der Waals surface area contributed by atoms with Crippen molar-refractivity contribution in [1.29, 1.82) is 0 Å². The van der Waals surface area contributed by atoms with Gasteiger partial charge in [0.25, 0.3) is 0 Å². The van der Waals surface area contributed by atoms with Crippen LogP contribution in [0.5, 0.6) is 5.75 Å². The summed E-state index contributed by atoms with van der Waals surface area (Å²) >= 11 is 1.59. The number of rotatable bonds is 16. The van der Waals surface area contributed by atoms with Crippen molar-refractivity contribution in [3.8, 4) is 16.2 Å². The summed E-state index contributed by atoms with van der Waals surface area (Å²) in [4.78, 5) is 46.6. The topological polar surface area (TPSA) is 152 Å². The SMILES string of the molecule is O=C(CCc1ccc(-c2cccc([C@](O)(C(=O)OC3CCC4(CC3)CCN(Cc3ccccc3)CC4)c3ccccc3)c2)s1)c1ccc(CNC[C@H](O)c2ccc(O)c3[nH]c(=O)ccc23)cc1. The van der Waals surface area contributed by atoms with E-state index >= 15 is 0 Å². The molecule has 5 aromatic carbocycles. The molecule has 1 saturated heterocycles. The molecular weight excluding hydrogens is 859 g/mol. The first-order chi connectivity index (χ1) is 32.5. The molecule has 1 saturated carbocycles. The smallest absolute Gasteiger partial charge is 0.347 e. The number of Topliss-reactive ketones (excluding diaryl/α,β-unsaturated/α-hetero) is 1. The van der Waals surface area contributed by atoms with Gasteiger partial charge in [0, 0.05) is 58.4 Å². The van der Waals surface area contributed by atoms with E-state index < -0.39 is 17.7 Å². The number of ketones is 1. The van der Waals surface area contributed by atoms with E-state index in [1.807, 2.05) is 72.8 Å². The Kier molecular flexibility index (Phi) is 13.9. The van der Waals surface area contributed by atoms with Crippen LogP contribution in [-0.2, 0) is 34.6 Å². The number of piperidine rings is 1. The van der Waals surface area contributed by atoms with Crippen molar-refractivity contribution in [3.63, 3.8) is 0 Å². The number of aliphatic hydroxyl groups is 2. The monoisotopic (exact) mass is 915 g/mol. The zero-order valence-electron chi connectivity index (χ0n) is 37.5. The fourth-order valence-electron chi connectivity index (χ4n) is 9.93. The molecule has 10 nitrogen and oxygen atoms in total. The molecular formula is C56H57N3O7S. The fraction of sp³-hybridized carbons (Fsp3) is 0.304. The van der Waals surface area contributed by atoms with Crippen molar-refractivity contribution < 1.29 is 29.6 Å². The second-order valence-electron chi connectivity index (χ2n) is 18.3. The number of hydrogen-bond acceptors (Lipinski definition) is 10. The number of phenolic OH excluding ortho intramolecular Hbond substituents is 1. The summed E-state index contributed by atoms with van der Waals surface area (Å²) in [5.74, 6) is -0.674. The minimum atomic E-state index is -2.00. The van der Waals surface area contributed by atoms with Gasteiger partial charge in [0.05, 0.1) is 11.6 Å². The molecule has 2 aromatic heterocycles. The minimum Gasteiger partial charge on any atom is -0.506 e. The summed E-state index contributed by atoms with van der Waals surface area (Å²) < 4.78 is 6.25. The number of aromatic nitrogens is 1. The van der Waals surface area contributed by atoms with Gasteiger partial charge in [-0.3, -0.25) is 14.5 Å². The van der Waals surface area contributed by atoms with Crippen LogP contribution in [0.4, 0.5) is 0 Å². The molecule has 2 atom stereocenters. The number of fused-ring (bicyclic) bond motifs is 1. The van der Waals surface area contributed by atoms with Gasteiger partial charge in [-0.25, -0.2) is 4.79 Å². The highest BCUT2D eigenvalue weighted by Crippen LogP contribution is 2.46. The lowest BCUT2D eigenvalue weighted by Gasteiger charge is -2.46. The molecule has 2 aliphatic rings. The molecule has 0 radical (unpaired) electrons. The first kappa shape index (κ1) is 45.9. The summed E-state index contributed by atoms with van der Waals surface area (Å²) in [5, 5.41) is 37.4. The number of esters is 1. The molecule has 0 unspecified atom stereocenters. The van der Waals surface area contributed by atoms with Crippen LogP contribution >= 0.6 is 11.3 Å². The molecule has 0 amide bonds. The van der Waals surface area contributed by atoms with Gasteiger partial charge >= 0.3 is 5.97 Å². The van der Waals surface area contributed by atoms with Crippen LogP contribution in [0, 0.1) is 5.41 Å². The van der Waals surface area contributed by atoms with Gasteiger partial charge in [-0.05, 0) is 122 Å². The number of benzene rings is 5. The molecule has 344 valence electrons. The molecule has 0 bridgehead atoms. The molecule has 3 heterocycles. The zero-order chi connectivity index (χ0) is 46.4. The third kappa shape index (κ3) is 10.5. The Morgan fingerprint density at radius 2 is 1.52 bits per heavy atom. The van der Waals surface area contributed by atoms with Crippen molar-refractivity contribution in [2.75, 3.05) is 19.6 Å². The van der Waals surface area contributed by atoms with Crippen LogP contribution in [0.1, 0.15) is 94.1 Å². The van der Waals surface area contributed by atoms with Gasteiger partial charge in [-0.1, -0.05) is 109 Å². The lowest BCUT2D eigenvalue weighted by atomic mass is 9.67. The van der Waals surface area contributed by atoms with Crippen LogP contribution in [0.15, 0.2) is 150 Å². The number of hydrogen-bond donors (Lipinski definition) is 5. The van der Waals surface area contributed by atoms with E-state index in [1.54, 1.807) is 41.7 Å². The first-order valence-electron chi connectivity index (χ1n) is 23.4. The summed E-state index contributed by atoms with van der Waals surface area (Å²) in [6.45, 7) is 3.85. The number of aryl methyl sites for hydroxylation is 1. The fourth-order valence-corrected chi connectivity index (χ4v) is 10.9. The van der Waals surface area contributed by atoms with Crippen LogP contribution in [-0.4, -0.2) is 62.7 Å². The van der Waals surface area contributed by atoms with Crippen molar-refractivity contribution in [2.45, 2.75) is 82.3 Å². The van der Waals surface area contributed by atoms with Gasteiger partial charge in [0.1, 0.15) is 11.9 Å². The van der Waals surface area contributed by atoms with E-state index in [-0.39, 0.29) is 40.7 Å². The summed E-state index contributed by atoms with van der Waals surface area (Å²) in [7, 11) is 0. The Morgan fingerprint density at radius 1 is 0.806 bits per heavy atom. The van der Waals surface area contributed by atoms with Gasteiger partial charge in [0.15, 0.2) is 5.78 Å². The van der Waals surface area contributed by atoms with E-state index in [1.165, 1.54) is 17.7 Å². The molecule has 11 heteroatoms. The van der Waals surface area contributed by atoms with Crippen LogP contribution in [0.2, 0.25) is 0 Å². The average Bonchev–Trinajstić information content (AvgIpc) is 3.85. The number of carbonyl (C=O) groups excluding carboxylic acids is 2. The number of carbonyl (C=O) groups is 2. The van der Waals surface area contributed by atoms with Crippen LogP contribution in [0.3, 0.4) is 0 Å². The number of likely N-dealkylation sites (tertiary alicyclic amines) is 1. The standard InChI is InChI=1S/C56H57N3O7S/c60-48(40-16-14-38(15-17-40)35-57-36-50(62)46-20-23-49(61)53-47(46)21-25-52(63)58-53)22-18-45-19-24-51(67-45)41-10-7-13-43(34-41)56(65,42-11-5-2-6-12-42)54(64)66-44-26-28-55(29-27-44)30-32-59(33-31-55)37-39-8-3-1-4-9-39/h1-17,19-21,23-25,34,44,50,57,61-62,65H,18,22,26-33,35-37H2,(H,58,63)/t50-,56-/m0/s1. The van der Waals surface area contributed by atoms with Crippen LogP contribution in [0.25, 0.3) is 21.3 Å². The molecule has 7 aromatic rings. The highest BCUT2D eigenvalue weighted by Gasteiger charge is 2.45. The number of phenols is 1. The predicted molar refractivity (Wildman–Crippen MR) is 263 cm³/mol. The number of aromatic hydroxyl groups is 1. The molecule has 1 spiro atoms. The Morgan fingerprint density at radius 3 is 2.27 bits per heavy atom. The highest BCUT2D eigenvalue weighted by molar-refractivity contribution is 7.15. The number of nitrogens with zero attached hydrogens (tertiary/aromatic N) is 1. The lowest BCUT2D eigenvalue weighted by Crippen LogP contribution is -2.44. The number of aromatic amines is 1. The van der Waals surface area contributed by atoms with Gasteiger partial charge in [-0.2, -0.15) is 0 Å². The molecule has 2 fully saturated rings. The number of ether oxygens (including phenoxy) is 1. The summed E-state index contributed by atoms with van der Waals surface area (Å²) in [6, 6.07) is 44.8. The first-order valence-corrected chi connectivity index (χ1v) is 24.2. The van der Waals surface area contributed by atoms with Crippen molar-refractivity contribution in [2.24, 2.45) is 5.41 Å². The van der Waals surface area contributed by atoms with Crippen molar-refractivity contribution in [3.05, 3.63) is 194 Å². The highest BCUT2D eigenvalue weighted by atomic mass is 32.1. The maximum absolute atomic E-state index is 14.3. The second kappa shape index (κ2) is 20.3. The Balaban J connectivity index is 0.783. The maximum atomic E-state index is 14.3. The van der Waals surface area contributed by atoms with Crippen molar-refractivity contribution in [1.82, 2.24) is 15.2 Å². The van der Waals surface area contributed by atoms with Gasteiger partial charge < -0.3 is 30.4 Å². The molecule has 67 heavy (non-hydrogen) atoms. The average molecular weight is 916 g/mol. The number of nitrogens with one attached hydrogen (secondary N) is 2. The Hall–Kier alpha value is -6.21. The normalized spacial score (nSPS) is 16.7.